The Morgan fingerprint density at radius 1 is 1.00 bits per heavy atom. The van der Waals surface area contributed by atoms with E-state index in [1.807, 2.05) is 6.07 Å². The number of amides is 2. The zero-order chi connectivity index (χ0) is 18.5. The van der Waals surface area contributed by atoms with Crippen LogP contribution in [0.5, 0.6) is 0 Å². The molecule has 0 saturated carbocycles. The van der Waals surface area contributed by atoms with Gasteiger partial charge in [-0.1, -0.05) is 12.1 Å². The number of benzene rings is 1. The van der Waals surface area contributed by atoms with E-state index < -0.39 is 0 Å². The largest absolute Gasteiger partial charge is 0.469 e. The van der Waals surface area contributed by atoms with Crippen molar-refractivity contribution in [1.29, 1.82) is 0 Å². The van der Waals surface area contributed by atoms with Crippen molar-refractivity contribution in [2.75, 3.05) is 5.32 Å². The number of rotatable bonds is 5. The topological polar surface area (TPSA) is 96.8 Å². The number of anilines is 1. The molecule has 0 saturated heterocycles. The molecule has 0 unspecified atom stereocenters. The summed E-state index contributed by atoms with van der Waals surface area (Å²) >= 11 is 0. The molecule has 7 nitrogen and oxygen atoms in total. The van der Waals surface area contributed by atoms with Gasteiger partial charge in [-0.15, -0.1) is 0 Å². The summed E-state index contributed by atoms with van der Waals surface area (Å²) in [4.78, 5) is 24.1. The normalized spacial score (nSPS) is 11.2. The highest BCUT2D eigenvalue weighted by atomic mass is 16.3. The van der Waals surface area contributed by atoms with E-state index in [0.29, 0.717) is 22.7 Å². The maximum absolute atomic E-state index is 12.1. The van der Waals surface area contributed by atoms with Crippen LogP contribution in [0.15, 0.2) is 68.9 Å². The van der Waals surface area contributed by atoms with Crippen LogP contribution in [0.2, 0.25) is 0 Å². The fourth-order valence-electron chi connectivity index (χ4n) is 2.30. The summed E-state index contributed by atoms with van der Waals surface area (Å²) < 4.78 is 10.2. The Morgan fingerprint density at radius 2 is 1.85 bits per heavy atom. The molecule has 0 aliphatic carbocycles. The minimum Gasteiger partial charge on any atom is -0.469 e. The summed E-state index contributed by atoms with van der Waals surface area (Å²) in [6, 6.07) is 11.9. The standard InChI is InChI=1S/C19H17N3O4/c1-12(21-22-18(23)16-8-10-25-13(16)2)14-5-3-6-15(11-14)20-19(24)17-7-4-9-26-17/h3-11H,1-2H3,(H,20,24)(H,22,23)/b21-12-. The van der Waals surface area contributed by atoms with E-state index in [4.69, 9.17) is 8.83 Å². The number of nitrogens with one attached hydrogen (secondary N) is 2. The molecule has 0 aliphatic rings. The van der Waals surface area contributed by atoms with Crippen LogP contribution in [0.4, 0.5) is 5.69 Å². The lowest BCUT2D eigenvalue weighted by Crippen LogP contribution is -2.19. The van der Waals surface area contributed by atoms with Crippen LogP contribution in [-0.4, -0.2) is 17.5 Å². The molecule has 0 radical (unpaired) electrons. The highest BCUT2D eigenvalue weighted by Gasteiger charge is 2.11. The Hall–Kier alpha value is -3.61. The van der Waals surface area contributed by atoms with Crippen molar-refractivity contribution in [1.82, 2.24) is 5.43 Å². The third kappa shape index (κ3) is 3.89. The van der Waals surface area contributed by atoms with Gasteiger partial charge in [-0.2, -0.15) is 5.10 Å². The molecule has 0 aliphatic heterocycles. The highest BCUT2D eigenvalue weighted by molar-refractivity contribution is 6.04. The van der Waals surface area contributed by atoms with Crippen molar-refractivity contribution in [3.05, 3.63) is 77.6 Å². The van der Waals surface area contributed by atoms with Crippen LogP contribution in [0.3, 0.4) is 0 Å². The second-order valence-electron chi connectivity index (χ2n) is 5.54. The lowest BCUT2D eigenvalue weighted by Gasteiger charge is -2.07. The molecule has 0 fully saturated rings. The van der Waals surface area contributed by atoms with Gasteiger partial charge in [0.15, 0.2) is 5.76 Å². The van der Waals surface area contributed by atoms with Gasteiger partial charge in [-0.05, 0) is 49.7 Å². The van der Waals surface area contributed by atoms with Crippen LogP contribution < -0.4 is 10.7 Å². The fourth-order valence-corrected chi connectivity index (χ4v) is 2.30. The molecule has 0 bridgehead atoms. The van der Waals surface area contributed by atoms with Crippen LogP contribution >= 0.6 is 0 Å². The smallest absolute Gasteiger partial charge is 0.291 e. The maximum Gasteiger partial charge on any atom is 0.291 e. The van der Waals surface area contributed by atoms with Gasteiger partial charge in [0.25, 0.3) is 11.8 Å². The van der Waals surface area contributed by atoms with Gasteiger partial charge < -0.3 is 14.2 Å². The third-order valence-electron chi connectivity index (χ3n) is 3.71. The van der Waals surface area contributed by atoms with Crippen LogP contribution in [-0.2, 0) is 0 Å². The van der Waals surface area contributed by atoms with E-state index in [1.165, 1.54) is 12.5 Å². The number of carbonyl (C=O) groups excluding carboxylic acids is 2. The number of nitrogens with zero attached hydrogens (tertiary/aromatic N) is 1. The lowest BCUT2D eigenvalue weighted by molar-refractivity contribution is 0.0952. The minimum atomic E-state index is -0.349. The minimum absolute atomic E-state index is 0.225. The first kappa shape index (κ1) is 17.2. The van der Waals surface area contributed by atoms with Crippen LogP contribution in [0, 0.1) is 6.92 Å². The highest BCUT2D eigenvalue weighted by Crippen LogP contribution is 2.14. The second kappa shape index (κ2) is 7.52. The average molecular weight is 351 g/mol. The number of hydrogen-bond acceptors (Lipinski definition) is 5. The number of furan rings is 2. The van der Waals surface area contributed by atoms with Crippen molar-refractivity contribution < 1.29 is 18.4 Å². The molecule has 1 aromatic carbocycles. The molecule has 2 amide bonds. The number of hydrogen-bond donors (Lipinski definition) is 2. The van der Waals surface area contributed by atoms with Crippen LogP contribution in [0.1, 0.15) is 39.2 Å². The third-order valence-corrected chi connectivity index (χ3v) is 3.71. The fraction of sp³-hybridized carbons (Fsp3) is 0.105. The van der Waals surface area contributed by atoms with Gasteiger partial charge in [0, 0.05) is 5.69 Å². The van der Waals surface area contributed by atoms with E-state index in [9.17, 15) is 9.59 Å². The van der Waals surface area contributed by atoms with Crippen LogP contribution in [0.25, 0.3) is 0 Å². The first-order valence-electron chi connectivity index (χ1n) is 7.88. The zero-order valence-electron chi connectivity index (χ0n) is 14.3. The number of carbonyl (C=O) groups is 2. The van der Waals surface area contributed by atoms with Crippen molar-refractivity contribution in [2.24, 2.45) is 5.10 Å². The zero-order valence-corrected chi connectivity index (χ0v) is 14.3. The number of hydrazone groups is 1. The quantitative estimate of drug-likeness (QED) is 0.542. The van der Waals surface area contributed by atoms with Gasteiger partial charge in [0.1, 0.15) is 5.76 Å². The van der Waals surface area contributed by atoms with E-state index in [-0.39, 0.29) is 17.6 Å². The molecule has 2 N–H and O–H groups in total. The average Bonchev–Trinajstić information content (AvgIpc) is 3.31. The summed E-state index contributed by atoms with van der Waals surface area (Å²) in [5.74, 6) is 0.0601. The van der Waals surface area contributed by atoms with Gasteiger partial charge in [0.2, 0.25) is 0 Å². The maximum atomic E-state index is 12.1. The van der Waals surface area contributed by atoms with Crippen molar-refractivity contribution >= 4 is 23.2 Å². The summed E-state index contributed by atoms with van der Waals surface area (Å²) in [6.45, 7) is 3.46. The molecule has 132 valence electrons. The second-order valence-corrected chi connectivity index (χ2v) is 5.54. The molecule has 26 heavy (non-hydrogen) atoms. The Labute approximate surface area is 149 Å². The summed E-state index contributed by atoms with van der Waals surface area (Å²) in [5.41, 5.74) is 4.87. The van der Waals surface area contributed by atoms with Gasteiger partial charge in [-0.25, -0.2) is 5.43 Å². The van der Waals surface area contributed by atoms with Gasteiger partial charge in [-0.3, -0.25) is 9.59 Å². The van der Waals surface area contributed by atoms with E-state index in [2.05, 4.69) is 15.8 Å². The predicted octanol–water partition coefficient (Wildman–Crippen LogP) is 3.59. The molecule has 7 heteroatoms. The first-order chi connectivity index (χ1) is 12.5. The molecule has 3 aromatic rings. The molecule has 3 rings (SSSR count). The van der Waals surface area contributed by atoms with Crippen molar-refractivity contribution in [3.63, 3.8) is 0 Å². The number of aryl methyl sites for hydroxylation is 1. The summed E-state index contributed by atoms with van der Waals surface area (Å²) in [7, 11) is 0. The molecular weight excluding hydrogens is 334 g/mol. The SMILES string of the molecule is C/C(=N/NC(=O)c1ccoc1C)c1cccc(NC(=O)c2ccco2)c1. The Kier molecular flexibility index (Phi) is 4.98. The summed E-state index contributed by atoms with van der Waals surface area (Å²) in [6.07, 6.45) is 2.89. The molecule has 0 atom stereocenters. The molecule has 2 heterocycles. The molecule has 2 aromatic heterocycles. The van der Waals surface area contributed by atoms with Gasteiger partial charge >= 0.3 is 0 Å². The Bertz CT molecular complexity index is 955. The predicted molar refractivity (Wildman–Crippen MR) is 96.2 cm³/mol. The monoisotopic (exact) mass is 351 g/mol. The first-order valence-corrected chi connectivity index (χ1v) is 7.88. The van der Waals surface area contributed by atoms with E-state index in [1.54, 1.807) is 50.2 Å². The summed E-state index contributed by atoms with van der Waals surface area (Å²) in [5, 5.41) is 6.85. The van der Waals surface area contributed by atoms with E-state index in [0.717, 1.165) is 5.56 Å². The van der Waals surface area contributed by atoms with Crippen molar-refractivity contribution in [3.8, 4) is 0 Å². The Morgan fingerprint density at radius 3 is 2.54 bits per heavy atom. The van der Waals surface area contributed by atoms with Gasteiger partial charge in [0.05, 0.1) is 23.8 Å². The lowest BCUT2D eigenvalue weighted by atomic mass is 10.1. The van der Waals surface area contributed by atoms with Crippen molar-refractivity contribution in [2.45, 2.75) is 13.8 Å². The molecule has 0 spiro atoms. The van der Waals surface area contributed by atoms with E-state index >= 15 is 0 Å². The Balaban J connectivity index is 1.69. The molecular formula is C19H17N3O4.